The number of aryl methyl sites for hydroxylation is 1. The Balaban J connectivity index is 2.89. The lowest BCUT2D eigenvalue weighted by Gasteiger charge is -2.10. The lowest BCUT2D eigenvalue weighted by atomic mass is 10.6. The molecule has 0 unspecified atom stereocenters. The average molecular weight is 181 g/mol. The van der Waals surface area contributed by atoms with Gasteiger partial charge in [-0.1, -0.05) is 0 Å². The van der Waals surface area contributed by atoms with E-state index in [0.29, 0.717) is 5.96 Å². The molecule has 0 bridgehead atoms. The van der Waals surface area contributed by atoms with Crippen LogP contribution in [0.3, 0.4) is 0 Å². The first-order valence-corrected chi connectivity index (χ1v) is 4.18. The van der Waals surface area contributed by atoms with Crippen LogP contribution in [0, 0.1) is 0 Å². The van der Waals surface area contributed by atoms with Crippen molar-refractivity contribution in [3.8, 4) is 0 Å². The molecule has 0 fully saturated rings. The molecule has 0 aliphatic carbocycles. The molecule has 0 saturated heterocycles. The van der Waals surface area contributed by atoms with E-state index >= 15 is 0 Å². The first kappa shape index (κ1) is 9.57. The second-order valence-electron chi connectivity index (χ2n) is 2.87. The summed E-state index contributed by atoms with van der Waals surface area (Å²) < 4.78 is 1.79. The van der Waals surface area contributed by atoms with E-state index in [1.165, 1.54) is 0 Å². The average Bonchev–Trinajstić information content (AvgIpc) is 2.51. The third-order valence-electron chi connectivity index (χ3n) is 1.68. The van der Waals surface area contributed by atoms with Gasteiger partial charge in [-0.15, -0.1) is 0 Å². The van der Waals surface area contributed by atoms with Gasteiger partial charge >= 0.3 is 0 Å². The van der Waals surface area contributed by atoms with Gasteiger partial charge in [0.15, 0.2) is 11.8 Å². The van der Waals surface area contributed by atoms with Gasteiger partial charge in [0.25, 0.3) is 0 Å². The normalized spacial score (nSPS) is 11.8. The Hall–Kier alpha value is -1.52. The van der Waals surface area contributed by atoms with Crippen molar-refractivity contribution >= 4 is 11.8 Å². The first-order chi connectivity index (χ1) is 6.15. The molecule has 5 heteroatoms. The molecule has 1 aromatic heterocycles. The van der Waals surface area contributed by atoms with E-state index in [1.54, 1.807) is 15.8 Å². The zero-order valence-corrected chi connectivity index (χ0v) is 8.23. The second-order valence-corrected chi connectivity index (χ2v) is 2.87. The summed E-state index contributed by atoms with van der Waals surface area (Å²) in [7, 11) is 3.71. The number of nitrogens with two attached hydrogens (primary N) is 1. The van der Waals surface area contributed by atoms with Crippen LogP contribution < -0.4 is 5.73 Å². The number of nitrogens with zero attached hydrogens (tertiary/aromatic N) is 4. The zero-order valence-electron chi connectivity index (χ0n) is 8.23. The first-order valence-electron chi connectivity index (χ1n) is 4.18. The largest absolute Gasteiger partial charge is 0.369 e. The number of hydrogen-bond donors (Lipinski definition) is 1. The van der Waals surface area contributed by atoms with Crippen molar-refractivity contribution in [1.82, 2.24) is 14.7 Å². The molecule has 0 radical (unpaired) electrons. The van der Waals surface area contributed by atoms with E-state index in [0.717, 1.165) is 12.4 Å². The Kier molecular flexibility index (Phi) is 2.89. The summed E-state index contributed by atoms with van der Waals surface area (Å²) in [5.41, 5.74) is 5.67. The molecule has 0 aliphatic heterocycles. The van der Waals surface area contributed by atoms with Gasteiger partial charge in [0.2, 0.25) is 0 Å². The topological polar surface area (TPSA) is 59.4 Å². The molecule has 0 aliphatic rings. The maximum atomic E-state index is 5.67. The fourth-order valence-electron chi connectivity index (χ4n) is 0.882. The maximum absolute atomic E-state index is 5.67. The van der Waals surface area contributed by atoms with Crippen LogP contribution in [0.4, 0.5) is 5.82 Å². The highest BCUT2D eigenvalue weighted by molar-refractivity contribution is 5.79. The van der Waals surface area contributed by atoms with Gasteiger partial charge in [0, 0.05) is 26.7 Å². The Bertz CT molecular complexity index is 299. The fourth-order valence-corrected chi connectivity index (χ4v) is 0.882. The molecule has 72 valence electrons. The van der Waals surface area contributed by atoms with Crippen molar-refractivity contribution in [3.05, 3.63) is 12.3 Å². The highest BCUT2D eigenvalue weighted by atomic mass is 15.3. The molecule has 0 spiro atoms. The van der Waals surface area contributed by atoms with E-state index < -0.39 is 0 Å². The summed E-state index contributed by atoms with van der Waals surface area (Å²) in [6, 6.07) is 1.83. The molecule has 0 aromatic carbocycles. The van der Waals surface area contributed by atoms with E-state index in [9.17, 15) is 0 Å². The summed E-state index contributed by atoms with van der Waals surface area (Å²) in [5.74, 6) is 1.27. The quantitative estimate of drug-likeness (QED) is 0.531. The van der Waals surface area contributed by atoms with Crippen molar-refractivity contribution in [1.29, 1.82) is 0 Å². The number of aromatic nitrogens is 2. The van der Waals surface area contributed by atoms with E-state index in [4.69, 9.17) is 5.73 Å². The minimum absolute atomic E-state index is 0.482. The van der Waals surface area contributed by atoms with Crippen molar-refractivity contribution in [2.75, 3.05) is 14.1 Å². The highest BCUT2D eigenvalue weighted by Gasteiger charge is 2.00. The molecule has 1 aromatic rings. The van der Waals surface area contributed by atoms with Crippen LogP contribution in [0.25, 0.3) is 0 Å². The molecule has 13 heavy (non-hydrogen) atoms. The Morgan fingerprint density at radius 3 is 2.92 bits per heavy atom. The van der Waals surface area contributed by atoms with Crippen LogP contribution in [0.1, 0.15) is 6.92 Å². The number of hydrogen-bond acceptors (Lipinski definition) is 2. The predicted octanol–water partition coefficient (Wildman–Crippen LogP) is 0.411. The number of guanidine groups is 1. The minimum Gasteiger partial charge on any atom is -0.369 e. The van der Waals surface area contributed by atoms with Gasteiger partial charge in [0.05, 0.1) is 6.20 Å². The van der Waals surface area contributed by atoms with Gasteiger partial charge in [-0.25, -0.2) is 4.68 Å². The molecule has 1 rings (SSSR count). The van der Waals surface area contributed by atoms with Crippen LogP contribution in [-0.2, 0) is 6.54 Å². The highest BCUT2D eigenvalue weighted by Crippen LogP contribution is 2.09. The molecule has 2 N–H and O–H groups in total. The van der Waals surface area contributed by atoms with Gasteiger partial charge < -0.3 is 10.6 Å². The fraction of sp³-hybridized carbons (Fsp3) is 0.500. The standard InChI is InChI=1S/C8H15N5/c1-4-13-7(5-6-10-13)11-8(9)12(2)3/h5-6H,4H2,1-3H3,(H2,9,11). The minimum atomic E-state index is 0.482. The Labute approximate surface area is 77.9 Å². The molecule has 0 saturated carbocycles. The van der Waals surface area contributed by atoms with Crippen molar-refractivity contribution in [3.63, 3.8) is 0 Å². The Morgan fingerprint density at radius 1 is 1.69 bits per heavy atom. The van der Waals surface area contributed by atoms with E-state index in [2.05, 4.69) is 10.1 Å². The summed E-state index contributed by atoms with van der Waals surface area (Å²) in [6.07, 6.45) is 1.71. The van der Waals surface area contributed by atoms with Gasteiger partial charge in [-0.2, -0.15) is 10.1 Å². The molecular weight excluding hydrogens is 166 g/mol. The van der Waals surface area contributed by atoms with Crippen molar-refractivity contribution in [2.45, 2.75) is 13.5 Å². The van der Waals surface area contributed by atoms with Crippen molar-refractivity contribution in [2.24, 2.45) is 10.7 Å². The lowest BCUT2D eigenvalue weighted by molar-refractivity contribution is 0.609. The molecule has 0 amide bonds. The van der Waals surface area contributed by atoms with Gasteiger partial charge in [-0.05, 0) is 6.92 Å². The lowest BCUT2D eigenvalue weighted by Crippen LogP contribution is -2.30. The van der Waals surface area contributed by atoms with E-state index in [1.807, 2.05) is 27.1 Å². The summed E-state index contributed by atoms with van der Waals surface area (Å²) in [6.45, 7) is 2.81. The van der Waals surface area contributed by atoms with Crippen LogP contribution in [-0.4, -0.2) is 34.7 Å². The number of rotatable bonds is 2. The van der Waals surface area contributed by atoms with Crippen molar-refractivity contribution < 1.29 is 0 Å². The second kappa shape index (κ2) is 3.93. The molecular formula is C8H15N5. The number of aliphatic imine (C=N–C) groups is 1. The predicted molar refractivity (Wildman–Crippen MR) is 52.9 cm³/mol. The molecule has 5 nitrogen and oxygen atoms in total. The van der Waals surface area contributed by atoms with Crippen LogP contribution >= 0.6 is 0 Å². The van der Waals surface area contributed by atoms with Crippen LogP contribution in [0.15, 0.2) is 17.3 Å². The zero-order chi connectivity index (χ0) is 9.84. The molecule has 0 atom stereocenters. The summed E-state index contributed by atoms with van der Waals surface area (Å²) >= 11 is 0. The summed E-state index contributed by atoms with van der Waals surface area (Å²) in [5, 5.41) is 4.08. The van der Waals surface area contributed by atoms with E-state index in [-0.39, 0.29) is 0 Å². The maximum Gasteiger partial charge on any atom is 0.197 e. The van der Waals surface area contributed by atoms with Gasteiger partial charge in [-0.3, -0.25) is 0 Å². The smallest absolute Gasteiger partial charge is 0.197 e. The van der Waals surface area contributed by atoms with Crippen LogP contribution in [0.5, 0.6) is 0 Å². The monoisotopic (exact) mass is 181 g/mol. The third-order valence-corrected chi connectivity index (χ3v) is 1.68. The Morgan fingerprint density at radius 2 is 2.38 bits per heavy atom. The molecule has 1 heterocycles. The summed E-state index contributed by atoms with van der Waals surface area (Å²) in [4.78, 5) is 5.97. The van der Waals surface area contributed by atoms with Gasteiger partial charge in [0.1, 0.15) is 0 Å². The SMILES string of the molecule is CCn1nccc1/N=C(/N)N(C)C. The van der Waals surface area contributed by atoms with Crippen LogP contribution in [0.2, 0.25) is 0 Å². The third kappa shape index (κ3) is 2.21.